The molecular weight excluding hydrogens is 258 g/mol. The maximum absolute atomic E-state index is 11.9. The Morgan fingerprint density at radius 1 is 1.30 bits per heavy atom. The van der Waals surface area contributed by atoms with Gasteiger partial charge in [-0.1, -0.05) is 19.1 Å². The molecule has 0 saturated carbocycles. The van der Waals surface area contributed by atoms with Crippen LogP contribution in [0.1, 0.15) is 12.5 Å². The highest BCUT2D eigenvalue weighted by atomic mass is 16.2. The van der Waals surface area contributed by atoms with Crippen LogP contribution < -0.4 is 16.6 Å². The molecule has 0 unspecified atom stereocenters. The Labute approximate surface area is 115 Å². The first-order valence-corrected chi connectivity index (χ1v) is 6.27. The lowest BCUT2D eigenvalue weighted by atomic mass is 10.1. The number of benzene rings is 1. The molecule has 0 atom stereocenters. The molecule has 1 aromatic heterocycles. The second-order valence-corrected chi connectivity index (χ2v) is 4.34. The molecule has 6 nitrogen and oxygen atoms in total. The van der Waals surface area contributed by atoms with Gasteiger partial charge in [0.05, 0.1) is 0 Å². The minimum Gasteiger partial charge on any atom is -0.325 e. The van der Waals surface area contributed by atoms with E-state index in [1.54, 1.807) is 6.07 Å². The van der Waals surface area contributed by atoms with Crippen molar-refractivity contribution in [1.29, 1.82) is 0 Å². The van der Waals surface area contributed by atoms with Gasteiger partial charge < -0.3 is 5.32 Å². The van der Waals surface area contributed by atoms with Gasteiger partial charge in [0, 0.05) is 18.0 Å². The van der Waals surface area contributed by atoms with Crippen LogP contribution in [0.4, 0.5) is 5.69 Å². The molecule has 1 heterocycles. The van der Waals surface area contributed by atoms with E-state index in [0.29, 0.717) is 5.69 Å². The van der Waals surface area contributed by atoms with Gasteiger partial charge in [-0.25, -0.2) is 4.79 Å². The molecule has 1 amide bonds. The van der Waals surface area contributed by atoms with Crippen molar-refractivity contribution in [3.05, 3.63) is 62.9 Å². The zero-order valence-corrected chi connectivity index (χ0v) is 11.1. The van der Waals surface area contributed by atoms with Crippen LogP contribution >= 0.6 is 0 Å². The van der Waals surface area contributed by atoms with Gasteiger partial charge in [0.15, 0.2) is 0 Å². The van der Waals surface area contributed by atoms with E-state index in [1.807, 2.05) is 25.1 Å². The first-order valence-electron chi connectivity index (χ1n) is 6.27. The minimum absolute atomic E-state index is 0.147. The van der Waals surface area contributed by atoms with Gasteiger partial charge in [0.2, 0.25) is 5.91 Å². The van der Waals surface area contributed by atoms with Gasteiger partial charge in [0.1, 0.15) is 6.54 Å². The smallest absolute Gasteiger partial charge is 0.325 e. The summed E-state index contributed by atoms with van der Waals surface area (Å²) >= 11 is 0. The second kappa shape index (κ2) is 6.01. The average Bonchev–Trinajstić information content (AvgIpc) is 2.42. The number of aromatic nitrogens is 2. The summed E-state index contributed by atoms with van der Waals surface area (Å²) in [7, 11) is 0. The van der Waals surface area contributed by atoms with E-state index in [1.165, 1.54) is 12.3 Å². The molecule has 6 heteroatoms. The van der Waals surface area contributed by atoms with E-state index in [0.717, 1.165) is 16.6 Å². The van der Waals surface area contributed by atoms with Crippen LogP contribution in [0.5, 0.6) is 0 Å². The summed E-state index contributed by atoms with van der Waals surface area (Å²) in [4.78, 5) is 36.3. The zero-order chi connectivity index (χ0) is 14.5. The minimum atomic E-state index is -0.602. The third-order valence-electron chi connectivity index (χ3n) is 2.83. The van der Waals surface area contributed by atoms with E-state index in [4.69, 9.17) is 0 Å². The van der Waals surface area contributed by atoms with Crippen LogP contribution in [-0.4, -0.2) is 15.5 Å². The highest BCUT2D eigenvalue weighted by molar-refractivity contribution is 5.90. The Morgan fingerprint density at radius 2 is 2.10 bits per heavy atom. The highest BCUT2D eigenvalue weighted by Gasteiger charge is 2.05. The highest BCUT2D eigenvalue weighted by Crippen LogP contribution is 2.10. The summed E-state index contributed by atoms with van der Waals surface area (Å²) in [5, 5.41) is 2.72. The average molecular weight is 273 g/mol. The third kappa shape index (κ3) is 3.44. The van der Waals surface area contributed by atoms with E-state index in [2.05, 4.69) is 10.3 Å². The van der Waals surface area contributed by atoms with Gasteiger partial charge in [-0.2, -0.15) is 0 Å². The lowest BCUT2D eigenvalue weighted by Gasteiger charge is -2.07. The lowest BCUT2D eigenvalue weighted by molar-refractivity contribution is -0.116. The molecule has 0 bridgehead atoms. The molecule has 2 aromatic rings. The molecule has 1 aromatic carbocycles. The summed E-state index contributed by atoms with van der Waals surface area (Å²) in [6.45, 7) is 1.88. The van der Waals surface area contributed by atoms with E-state index >= 15 is 0 Å². The lowest BCUT2D eigenvalue weighted by Crippen LogP contribution is -2.32. The van der Waals surface area contributed by atoms with Crippen molar-refractivity contribution >= 4 is 11.6 Å². The zero-order valence-electron chi connectivity index (χ0n) is 11.1. The Balaban J connectivity index is 2.08. The molecule has 0 aliphatic rings. The first kappa shape index (κ1) is 13.8. The van der Waals surface area contributed by atoms with E-state index in [9.17, 15) is 14.4 Å². The SMILES string of the molecule is CCc1cccc(NC(=O)Cn2ccc(=O)[nH]c2=O)c1. The Hall–Kier alpha value is -2.63. The Bertz CT molecular complexity index is 731. The standard InChI is InChI=1S/C14H15N3O3/c1-2-10-4-3-5-11(8-10)15-13(19)9-17-7-6-12(18)16-14(17)20/h3-8H,2,9H2,1H3,(H,15,19)(H,16,18,20). The molecule has 104 valence electrons. The number of aryl methyl sites for hydroxylation is 1. The maximum Gasteiger partial charge on any atom is 0.328 e. The molecule has 0 aliphatic carbocycles. The first-order chi connectivity index (χ1) is 9.58. The molecule has 0 saturated heterocycles. The van der Waals surface area contributed by atoms with Crippen molar-refractivity contribution in [2.24, 2.45) is 0 Å². The van der Waals surface area contributed by atoms with Crippen molar-refractivity contribution in [2.45, 2.75) is 19.9 Å². The van der Waals surface area contributed by atoms with Crippen molar-refractivity contribution < 1.29 is 4.79 Å². The predicted octanol–water partition coefficient (Wildman–Crippen LogP) is 0.738. The summed E-state index contributed by atoms with van der Waals surface area (Å²) in [6.07, 6.45) is 2.17. The van der Waals surface area contributed by atoms with Gasteiger partial charge in [0.25, 0.3) is 5.56 Å². The van der Waals surface area contributed by atoms with Crippen molar-refractivity contribution in [3.63, 3.8) is 0 Å². The predicted molar refractivity (Wildman–Crippen MR) is 75.8 cm³/mol. The van der Waals surface area contributed by atoms with E-state index < -0.39 is 11.2 Å². The second-order valence-electron chi connectivity index (χ2n) is 4.34. The third-order valence-corrected chi connectivity index (χ3v) is 2.83. The number of carbonyl (C=O) groups is 1. The normalized spacial score (nSPS) is 10.2. The maximum atomic E-state index is 11.9. The molecule has 0 aliphatic heterocycles. The van der Waals surface area contributed by atoms with Crippen molar-refractivity contribution in [1.82, 2.24) is 9.55 Å². The quantitative estimate of drug-likeness (QED) is 0.861. The van der Waals surface area contributed by atoms with Crippen LogP contribution in [-0.2, 0) is 17.8 Å². The fourth-order valence-electron chi connectivity index (χ4n) is 1.79. The number of nitrogens with one attached hydrogen (secondary N) is 2. The van der Waals surface area contributed by atoms with Crippen LogP contribution in [0, 0.1) is 0 Å². The number of carbonyl (C=O) groups excluding carboxylic acids is 1. The summed E-state index contributed by atoms with van der Waals surface area (Å²) in [5.74, 6) is -0.326. The number of H-pyrrole nitrogens is 1. The number of rotatable bonds is 4. The Kier molecular flexibility index (Phi) is 4.14. The number of aromatic amines is 1. The number of amides is 1. The fourth-order valence-corrected chi connectivity index (χ4v) is 1.79. The largest absolute Gasteiger partial charge is 0.328 e. The molecule has 0 fully saturated rings. The molecule has 20 heavy (non-hydrogen) atoms. The number of hydrogen-bond donors (Lipinski definition) is 2. The molecule has 2 N–H and O–H groups in total. The summed E-state index contributed by atoms with van der Waals surface area (Å²) in [5.41, 5.74) is 0.716. The van der Waals surface area contributed by atoms with Crippen LogP contribution in [0.25, 0.3) is 0 Å². The summed E-state index contributed by atoms with van der Waals surface area (Å²) in [6, 6.07) is 8.70. The number of anilines is 1. The number of hydrogen-bond acceptors (Lipinski definition) is 3. The van der Waals surface area contributed by atoms with Gasteiger partial charge in [-0.15, -0.1) is 0 Å². The van der Waals surface area contributed by atoms with E-state index in [-0.39, 0.29) is 12.5 Å². The summed E-state index contributed by atoms with van der Waals surface area (Å²) < 4.78 is 1.14. The molecule has 2 rings (SSSR count). The van der Waals surface area contributed by atoms with Gasteiger partial charge >= 0.3 is 5.69 Å². The van der Waals surface area contributed by atoms with Crippen molar-refractivity contribution in [3.8, 4) is 0 Å². The van der Waals surface area contributed by atoms with Crippen LogP contribution in [0.3, 0.4) is 0 Å². The topological polar surface area (TPSA) is 84.0 Å². The molecular formula is C14H15N3O3. The molecule has 0 spiro atoms. The van der Waals surface area contributed by atoms with Crippen LogP contribution in [0.15, 0.2) is 46.1 Å². The molecule has 0 radical (unpaired) electrons. The van der Waals surface area contributed by atoms with Crippen molar-refractivity contribution in [2.75, 3.05) is 5.32 Å². The van der Waals surface area contributed by atoms with Gasteiger partial charge in [-0.05, 0) is 24.1 Å². The number of nitrogens with zero attached hydrogens (tertiary/aromatic N) is 1. The van der Waals surface area contributed by atoms with Gasteiger partial charge in [-0.3, -0.25) is 19.1 Å². The monoisotopic (exact) mass is 273 g/mol. The Morgan fingerprint density at radius 3 is 2.80 bits per heavy atom. The fraction of sp³-hybridized carbons (Fsp3) is 0.214. The van der Waals surface area contributed by atoms with Crippen LogP contribution in [0.2, 0.25) is 0 Å².